The van der Waals surface area contributed by atoms with Crippen molar-refractivity contribution in [3.8, 4) is 11.3 Å². The van der Waals surface area contributed by atoms with Crippen molar-refractivity contribution >= 4 is 27.7 Å². The van der Waals surface area contributed by atoms with Crippen molar-refractivity contribution in [3.63, 3.8) is 0 Å². The summed E-state index contributed by atoms with van der Waals surface area (Å²) in [6.45, 7) is 0.527. The maximum Gasteiger partial charge on any atom is 0.360 e. The fourth-order valence-electron chi connectivity index (χ4n) is 2.81. The zero-order valence-corrected chi connectivity index (χ0v) is 15.8. The average molecular weight is 396 g/mol. The molecular formula is C18H16N6O3S. The first-order chi connectivity index (χ1) is 13.7. The molecule has 28 heavy (non-hydrogen) atoms. The van der Waals surface area contributed by atoms with E-state index in [1.807, 2.05) is 30.3 Å². The van der Waals surface area contributed by atoms with Gasteiger partial charge < -0.3 is 9.72 Å². The molecule has 9 nitrogen and oxygen atoms in total. The van der Waals surface area contributed by atoms with Crippen LogP contribution in [0.25, 0.3) is 21.5 Å². The number of H-pyrrole nitrogens is 1. The topological polar surface area (TPSA) is 116 Å². The first kappa shape index (κ1) is 18.0. The van der Waals surface area contributed by atoms with Crippen molar-refractivity contribution in [3.05, 3.63) is 58.4 Å². The molecule has 4 aromatic rings. The van der Waals surface area contributed by atoms with Crippen LogP contribution in [0.2, 0.25) is 0 Å². The summed E-state index contributed by atoms with van der Waals surface area (Å²) in [5.41, 5.74) is 2.23. The summed E-state index contributed by atoms with van der Waals surface area (Å²) in [5, 5.41) is 7.66. The fourth-order valence-corrected chi connectivity index (χ4v) is 3.54. The number of aromatic nitrogens is 6. The second-order valence-electron chi connectivity index (χ2n) is 6.05. The molecule has 0 unspecified atom stereocenters. The van der Waals surface area contributed by atoms with Crippen LogP contribution in [0.5, 0.6) is 0 Å². The van der Waals surface area contributed by atoms with E-state index in [1.165, 1.54) is 13.3 Å². The van der Waals surface area contributed by atoms with Gasteiger partial charge >= 0.3 is 5.97 Å². The number of hydrogen-bond acceptors (Lipinski definition) is 8. The molecule has 0 saturated carbocycles. The summed E-state index contributed by atoms with van der Waals surface area (Å²) in [6.07, 6.45) is 2.74. The second kappa shape index (κ2) is 7.69. The number of fused-ring (bicyclic) bond motifs is 1. The van der Waals surface area contributed by atoms with Gasteiger partial charge in [0.05, 0.1) is 13.3 Å². The van der Waals surface area contributed by atoms with Gasteiger partial charge in [-0.3, -0.25) is 9.48 Å². The minimum atomic E-state index is -0.527. The van der Waals surface area contributed by atoms with Crippen molar-refractivity contribution in [2.24, 2.45) is 0 Å². The molecule has 0 saturated heterocycles. The maximum atomic E-state index is 12.4. The lowest BCUT2D eigenvalue weighted by atomic mass is 10.1. The van der Waals surface area contributed by atoms with Crippen molar-refractivity contribution in [2.45, 2.75) is 19.4 Å². The maximum absolute atomic E-state index is 12.4. The number of aryl methyl sites for hydroxylation is 2. The highest BCUT2D eigenvalue weighted by Gasteiger charge is 2.14. The van der Waals surface area contributed by atoms with Crippen molar-refractivity contribution < 1.29 is 9.53 Å². The van der Waals surface area contributed by atoms with Gasteiger partial charge in [-0.25, -0.2) is 9.78 Å². The fraction of sp³-hybridized carbons (Fsp3) is 0.222. The molecule has 0 aliphatic heterocycles. The third-order valence-corrected chi connectivity index (χ3v) is 4.99. The molecule has 0 amide bonds. The Balaban J connectivity index is 1.52. The Labute approximate surface area is 163 Å². The van der Waals surface area contributed by atoms with E-state index >= 15 is 0 Å². The number of esters is 1. The lowest BCUT2D eigenvalue weighted by Gasteiger charge is -2.02. The molecule has 0 aliphatic carbocycles. The molecule has 142 valence electrons. The number of nitrogens with zero attached hydrogens (tertiary/aromatic N) is 5. The molecule has 0 spiro atoms. The van der Waals surface area contributed by atoms with Gasteiger partial charge in [-0.1, -0.05) is 35.5 Å². The number of aromatic amines is 1. The number of benzene rings is 1. The van der Waals surface area contributed by atoms with E-state index in [-0.39, 0.29) is 11.3 Å². The van der Waals surface area contributed by atoms with Crippen LogP contribution >= 0.6 is 11.5 Å². The summed E-state index contributed by atoms with van der Waals surface area (Å²) in [4.78, 5) is 31.2. The van der Waals surface area contributed by atoms with E-state index in [1.54, 1.807) is 4.68 Å². The Morgan fingerprint density at radius 2 is 2.11 bits per heavy atom. The molecule has 0 fully saturated rings. The number of rotatable bonds is 6. The van der Waals surface area contributed by atoms with E-state index in [0.29, 0.717) is 41.1 Å². The number of methoxy groups -OCH3 is 1. The number of hydrogen-bond donors (Lipinski definition) is 1. The van der Waals surface area contributed by atoms with Crippen LogP contribution in [0.3, 0.4) is 0 Å². The number of nitrogens with one attached hydrogen (secondary N) is 1. The van der Waals surface area contributed by atoms with Gasteiger partial charge in [-0.2, -0.15) is 4.37 Å². The monoisotopic (exact) mass is 396 g/mol. The lowest BCUT2D eigenvalue weighted by Crippen LogP contribution is -2.11. The van der Waals surface area contributed by atoms with Gasteiger partial charge in [0.2, 0.25) is 0 Å². The summed E-state index contributed by atoms with van der Waals surface area (Å²) in [6, 6.07) is 9.67. The van der Waals surface area contributed by atoms with Crippen molar-refractivity contribution in [2.75, 3.05) is 7.11 Å². The molecule has 0 atom stereocenters. The number of ether oxygens (including phenoxy) is 1. The third kappa shape index (κ3) is 3.54. The zero-order valence-electron chi connectivity index (χ0n) is 15.0. The predicted octanol–water partition coefficient (Wildman–Crippen LogP) is 2.06. The second-order valence-corrected chi connectivity index (χ2v) is 6.82. The Morgan fingerprint density at radius 1 is 1.29 bits per heavy atom. The van der Waals surface area contributed by atoms with Crippen LogP contribution in [-0.4, -0.2) is 42.4 Å². The van der Waals surface area contributed by atoms with Gasteiger partial charge in [0.1, 0.15) is 21.7 Å². The average Bonchev–Trinajstić information content (AvgIpc) is 3.36. The first-order valence-electron chi connectivity index (χ1n) is 8.58. The Hall–Kier alpha value is -3.40. The molecule has 0 aliphatic rings. The SMILES string of the molecule is COC(=O)c1cn(CCCc2nc3c(-c4ccccc4)nsc3c(=O)[nH]2)nn1. The minimum absolute atomic E-state index is 0.160. The molecule has 10 heteroatoms. The van der Waals surface area contributed by atoms with E-state index in [0.717, 1.165) is 17.1 Å². The van der Waals surface area contributed by atoms with E-state index in [9.17, 15) is 9.59 Å². The first-order valence-corrected chi connectivity index (χ1v) is 9.35. The van der Waals surface area contributed by atoms with Crippen molar-refractivity contribution in [1.29, 1.82) is 0 Å². The van der Waals surface area contributed by atoms with E-state index in [2.05, 4.69) is 29.4 Å². The summed E-state index contributed by atoms with van der Waals surface area (Å²) >= 11 is 1.15. The van der Waals surface area contributed by atoms with Crippen LogP contribution < -0.4 is 5.56 Å². The van der Waals surface area contributed by atoms with Crippen LogP contribution in [0, 0.1) is 0 Å². The smallest absolute Gasteiger partial charge is 0.360 e. The zero-order chi connectivity index (χ0) is 19.5. The number of carbonyl (C=O) groups excluding carboxylic acids is 1. The Kier molecular flexibility index (Phi) is 4.94. The van der Waals surface area contributed by atoms with Gasteiger partial charge in [0, 0.05) is 18.5 Å². The van der Waals surface area contributed by atoms with Crippen molar-refractivity contribution in [1.82, 2.24) is 29.3 Å². The third-order valence-electron chi connectivity index (χ3n) is 4.16. The van der Waals surface area contributed by atoms with Crippen LogP contribution in [-0.2, 0) is 17.7 Å². The highest BCUT2D eigenvalue weighted by atomic mass is 32.1. The molecular weight excluding hydrogens is 380 g/mol. The highest BCUT2D eigenvalue weighted by molar-refractivity contribution is 7.13. The van der Waals surface area contributed by atoms with E-state index in [4.69, 9.17) is 0 Å². The summed E-state index contributed by atoms with van der Waals surface area (Å²) in [7, 11) is 1.29. The van der Waals surface area contributed by atoms with Crippen LogP contribution in [0.4, 0.5) is 0 Å². The normalized spacial score (nSPS) is 11.0. The molecule has 0 bridgehead atoms. The molecule has 4 rings (SSSR count). The summed E-state index contributed by atoms with van der Waals surface area (Å²) < 4.78 is 11.1. The standard InChI is InChI=1S/C18H16N6O3S/c1-27-18(26)12-10-24(23-21-12)9-5-8-13-19-15-14(11-6-3-2-4-7-11)22-28-16(15)17(25)20-13/h2-4,6-7,10H,5,8-9H2,1H3,(H,19,20,25). The predicted molar refractivity (Wildman–Crippen MR) is 103 cm³/mol. The minimum Gasteiger partial charge on any atom is -0.464 e. The van der Waals surface area contributed by atoms with Gasteiger partial charge in [0.25, 0.3) is 5.56 Å². The van der Waals surface area contributed by atoms with Gasteiger partial charge in [0.15, 0.2) is 5.69 Å². The largest absolute Gasteiger partial charge is 0.464 e. The Morgan fingerprint density at radius 3 is 2.89 bits per heavy atom. The number of carbonyl (C=O) groups is 1. The van der Waals surface area contributed by atoms with Crippen LogP contribution in [0.15, 0.2) is 41.3 Å². The molecule has 1 aromatic carbocycles. The van der Waals surface area contributed by atoms with Crippen LogP contribution in [0.1, 0.15) is 22.7 Å². The van der Waals surface area contributed by atoms with Gasteiger partial charge in [-0.15, -0.1) is 5.10 Å². The van der Waals surface area contributed by atoms with E-state index < -0.39 is 5.97 Å². The molecule has 1 N–H and O–H groups in total. The molecule has 3 aromatic heterocycles. The van der Waals surface area contributed by atoms with Gasteiger partial charge in [-0.05, 0) is 18.0 Å². The lowest BCUT2D eigenvalue weighted by molar-refractivity contribution is 0.0594. The molecule has 3 heterocycles. The molecule has 0 radical (unpaired) electrons. The summed E-state index contributed by atoms with van der Waals surface area (Å²) in [5.74, 6) is 0.0595. The Bertz CT molecular complexity index is 1180. The highest BCUT2D eigenvalue weighted by Crippen LogP contribution is 2.27. The quantitative estimate of drug-likeness (QED) is 0.496.